The van der Waals surface area contributed by atoms with Gasteiger partial charge in [-0.05, 0) is 12.5 Å². The van der Waals surface area contributed by atoms with Crippen molar-refractivity contribution in [3.8, 4) is 0 Å². The number of esters is 1. The molecule has 0 fully saturated rings. The minimum Gasteiger partial charge on any atom is -0.465 e. The van der Waals surface area contributed by atoms with Crippen LogP contribution in [0.2, 0.25) is 0 Å². The van der Waals surface area contributed by atoms with Crippen LogP contribution in [-0.4, -0.2) is 38.3 Å². The topological polar surface area (TPSA) is 80.2 Å². The third kappa shape index (κ3) is 2.80. The summed E-state index contributed by atoms with van der Waals surface area (Å²) in [5.41, 5.74) is 0.812. The molecule has 0 saturated carbocycles. The molecule has 1 aromatic carbocycles. The summed E-state index contributed by atoms with van der Waals surface area (Å²) in [6, 6.07) is 9.41. The van der Waals surface area contributed by atoms with Gasteiger partial charge >= 0.3 is 11.7 Å². The van der Waals surface area contributed by atoms with Crippen molar-refractivity contribution in [2.45, 2.75) is 32.6 Å². The minimum atomic E-state index is -0.483. The van der Waals surface area contributed by atoms with Gasteiger partial charge in [0, 0.05) is 6.54 Å². The molecule has 1 aliphatic rings. The Bertz CT molecular complexity index is 707. The van der Waals surface area contributed by atoms with E-state index in [0.29, 0.717) is 25.5 Å². The zero-order valence-electron chi connectivity index (χ0n) is 12.4. The van der Waals surface area contributed by atoms with Crippen LogP contribution in [0.15, 0.2) is 35.1 Å². The standard InChI is InChI=1S/C15H18N4O3/c1-2-22-14(20)12-9-19-13(16-17-15(19)21)10-18(12)8-11-6-4-3-5-7-11/h3-7,12H,2,8-10H2,1H3,(H,17,21). The number of benzene rings is 1. The molecule has 1 aromatic heterocycles. The fourth-order valence-corrected chi connectivity index (χ4v) is 2.69. The molecule has 1 aliphatic heterocycles. The number of nitrogens with zero attached hydrogens (tertiary/aromatic N) is 3. The van der Waals surface area contributed by atoms with Gasteiger partial charge in [0.05, 0.1) is 19.7 Å². The third-order valence-electron chi connectivity index (χ3n) is 3.77. The Labute approximate surface area is 127 Å². The summed E-state index contributed by atoms with van der Waals surface area (Å²) in [6.07, 6.45) is 0. The number of carbonyl (C=O) groups is 1. The van der Waals surface area contributed by atoms with E-state index in [9.17, 15) is 9.59 Å². The lowest BCUT2D eigenvalue weighted by molar-refractivity contribution is -0.151. The van der Waals surface area contributed by atoms with E-state index in [4.69, 9.17) is 4.74 Å². The number of H-pyrrole nitrogens is 1. The Morgan fingerprint density at radius 2 is 2.18 bits per heavy atom. The number of carbonyl (C=O) groups excluding carboxylic acids is 1. The summed E-state index contributed by atoms with van der Waals surface area (Å²) in [6.45, 7) is 3.39. The monoisotopic (exact) mass is 302 g/mol. The molecule has 0 radical (unpaired) electrons. The number of hydrogen-bond acceptors (Lipinski definition) is 5. The summed E-state index contributed by atoms with van der Waals surface area (Å²) in [5, 5.41) is 6.45. The van der Waals surface area contributed by atoms with Gasteiger partial charge in [-0.25, -0.2) is 9.89 Å². The molecular formula is C15H18N4O3. The van der Waals surface area contributed by atoms with Crippen LogP contribution in [-0.2, 0) is 29.2 Å². The maximum Gasteiger partial charge on any atom is 0.343 e. The average Bonchev–Trinajstić information content (AvgIpc) is 2.88. The quantitative estimate of drug-likeness (QED) is 0.833. The minimum absolute atomic E-state index is 0.260. The average molecular weight is 302 g/mol. The Balaban J connectivity index is 1.87. The zero-order valence-corrected chi connectivity index (χ0v) is 12.4. The van der Waals surface area contributed by atoms with E-state index in [1.807, 2.05) is 35.2 Å². The summed E-state index contributed by atoms with van der Waals surface area (Å²) in [7, 11) is 0. The van der Waals surface area contributed by atoms with Crippen LogP contribution in [0.5, 0.6) is 0 Å². The van der Waals surface area contributed by atoms with E-state index in [1.165, 1.54) is 4.57 Å². The Hall–Kier alpha value is -2.41. The smallest absolute Gasteiger partial charge is 0.343 e. The Morgan fingerprint density at radius 1 is 1.41 bits per heavy atom. The normalized spacial score (nSPS) is 18.0. The first-order valence-electron chi connectivity index (χ1n) is 7.27. The molecular weight excluding hydrogens is 284 g/mol. The lowest BCUT2D eigenvalue weighted by Crippen LogP contribution is -2.49. The van der Waals surface area contributed by atoms with Crippen molar-refractivity contribution in [3.05, 3.63) is 52.2 Å². The zero-order chi connectivity index (χ0) is 15.5. The molecule has 0 saturated heterocycles. The van der Waals surface area contributed by atoms with Crippen LogP contribution in [0, 0.1) is 0 Å². The number of fused-ring (bicyclic) bond motifs is 1. The molecule has 1 unspecified atom stereocenters. The first-order valence-corrected chi connectivity index (χ1v) is 7.27. The maximum atomic E-state index is 12.2. The predicted molar refractivity (Wildman–Crippen MR) is 79.0 cm³/mol. The van der Waals surface area contributed by atoms with Crippen molar-refractivity contribution < 1.29 is 9.53 Å². The largest absolute Gasteiger partial charge is 0.465 e. The molecule has 1 N–H and O–H groups in total. The van der Waals surface area contributed by atoms with E-state index in [1.54, 1.807) is 6.92 Å². The van der Waals surface area contributed by atoms with E-state index in [0.717, 1.165) is 5.56 Å². The number of rotatable bonds is 4. The van der Waals surface area contributed by atoms with E-state index < -0.39 is 6.04 Å². The molecule has 22 heavy (non-hydrogen) atoms. The molecule has 3 rings (SSSR count). The van der Waals surface area contributed by atoms with Gasteiger partial charge in [-0.2, -0.15) is 5.10 Å². The highest BCUT2D eigenvalue weighted by molar-refractivity contribution is 5.75. The van der Waals surface area contributed by atoms with Crippen molar-refractivity contribution in [1.29, 1.82) is 0 Å². The highest BCUT2D eigenvalue weighted by Crippen LogP contribution is 2.18. The molecule has 2 heterocycles. The Morgan fingerprint density at radius 3 is 2.91 bits per heavy atom. The SMILES string of the molecule is CCOC(=O)C1Cn2c(n[nH]c2=O)CN1Cc1ccccc1. The van der Waals surface area contributed by atoms with Crippen LogP contribution in [0.1, 0.15) is 18.3 Å². The van der Waals surface area contributed by atoms with E-state index >= 15 is 0 Å². The number of ether oxygens (including phenoxy) is 1. The molecule has 0 bridgehead atoms. The van der Waals surface area contributed by atoms with Gasteiger partial charge in [-0.15, -0.1) is 0 Å². The summed E-state index contributed by atoms with van der Waals surface area (Å²) >= 11 is 0. The predicted octanol–water partition coefficient (Wildman–Crippen LogP) is 0.519. The Kier molecular flexibility index (Phi) is 4.06. The van der Waals surface area contributed by atoms with Gasteiger partial charge in [0.1, 0.15) is 11.9 Å². The van der Waals surface area contributed by atoms with Crippen molar-refractivity contribution in [2.75, 3.05) is 6.61 Å². The van der Waals surface area contributed by atoms with Crippen molar-refractivity contribution in [3.63, 3.8) is 0 Å². The van der Waals surface area contributed by atoms with Crippen molar-refractivity contribution in [1.82, 2.24) is 19.7 Å². The second kappa shape index (κ2) is 6.15. The lowest BCUT2D eigenvalue weighted by Gasteiger charge is -2.33. The second-order valence-electron chi connectivity index (χ2n) is 5.21. The van der Waals surface area contributed by atoms with Gasteiger partial charge in [-0.3, -0.25) is 14.3 Å². The number of hydrogen-bond donors (Lipinski definition) is 1. The van der Waals surface area contributed by atoms with Gasteiger partial charge < -0.3 is 4.74 Å². The summed E-state index contributed by atoms with van der Waals surface area (Å²) < 4.78 is 6.66. The van der Waals surface area contributed by atoms with Crippen LogP contribution >= 0.6 is 0 Å². The van der Waals surface area contributed by atoms with Crippen molar-refractivity contribution >= 4 is 5.97 Å². The summed E-state index contributed by atoms with van der Waals surface area (Å²) in [5.74, 6) is 0.332. The highest BCUT2D eigenvalue weighted by atomic mass is 16.5. The van der Waals surface area contributed by atoms with Gasteiger partial charge in [0.15, 0.2) is 0 Å². The molecule has 0 aliphatic carbocycles. The lowest BCUT2D eigenvalue weighted by atomic mass is 10.1. The van der Waals surface area contributed by atoms with E-state index in [-0.39, 0.29) is 18.2 Å². The van der Waals surface area contributed by atoms with Gasteiger partial charge in [0.25, 0.3) is 0 Å². The fraction of sp³-hybridized carbons (Fsp3) is 0.400. The van der Waals surface area contributed by atoms with Crippen LogP contribution < -0.4 is 5.69 Å². The molecule has 7 heteroatoms. The molecule has 116 valence electrons. The first kappa shape index (κ1) is 14.5. The molecule has 1 atom stereocenters. The molecule has 0 amide bonds. The molecule has 0 spiro atoms. The van der Waals surface area contributed by atoms with Crippen molar-refractivity contribution in [2.24, 2.45) is 0 Å². The van der Waals surface area contributed by atoms with Gasteiger partial charge in [-0.1, -0.05) is 30.3 Å². The first-order chi connectivity index (χ1) is 10.7. The number of aromatic nitrogens is 3. The number of aromatic amines is 1. The third-order valence-corrected chi connectivity index (χ3v) is 3.77. The van der Waals surface area contributed by atoms with E-state index in [2.05, 4.69) is 10.2 Å². The fourth-order valence-electron chi connectivity index (χ4n) is 2.69. The maximum absolute atomic E-state index is 12.2. The van der Waals surface area contributed by atoms with Crippen LogP contribution in [0.25, 0.3) is 0 Å². The van der Waals surface area contributed by atoms with Crippen LogP contribution in [0.4, 0.5) is 0 Å². The van der Waals surface area contributed by atoms with Gasteiger partial charge in [0.2, 0.25) is 0 Å². The van der Waals surface area contributed by atoms with Crippen LogP contribution in [0.3, 0.4) is 0 Å². The molecule has 7 nitrogen and oxygen atoms in total. The second-order valence-corrected chi connectivity index (χ2v) is 5.21. The summed E-state index contributed by atoms with van der Waals surface area (Å²) in [4.78, 5) is 25.9. The molecule has 2 aromatic rings. The highest BCUT2D eigenvalue weighted by Gasteiger charge is 2.34. The number of nitrogens with one attached hydrogen (secondary N) is 1.